The molecule has 0 amide bonds. The largest absolute Gasteiger partial charge is 0.425 e. The van der Waals surface area contributed by atoms with Crippen LogP contribution in [0.1, 0.15) is 31.2 Å². The average molecular weight is 281 g/mol. The molecule has 4 nitrogen and oxygen atoms in total. The summed E-state index contributed by atoms with van der Waals surface area (Å²) in [4.78, 5) is 0. The quantitative estimate of drug-likeness (QED) is 0.883. The highest BCUT2D eigenvalue weighted by atomic mass is 19.1. The van der Waals surface area contributed by atoms with Gasteiger partial charge in [0.1, 0.15) is 11.6 Å². The standard InChI is InChI=1S/C14H17F2N3O/c1-9(2)17-7-6-13-18-19-14(20-13)8-10-11(15)4-3-5-12(10)16/h3-5,9,17H,6-8H2,1-2H3. The van der Waals surface area contributed by atoms with Crippen LogP contribution in [0.2, 0.25) is 0 Å². The van der Waals surface area contributed by atoms with Gasteiger partial charge < -0.3 is 9.73 Å². The fourth-order valence-electron chi connectivity index (χ4n) is 1.78. The van der Waals surface area contributed by atoms with Gasteiger partial charge in [0.15, 0.2) is 0 Å². The fourth-order valence-corrected chi connectivity index (χ4v) is 1.78. The lowest BCUT2D eigenvalue weighted by molar-refractivity contribution is 0.440. The molecule has 0 bridgehead atoms. The molecule has 0 aliphatic rings. The van der Waals surface area contributed by atoms with Crippen LogP contribution in [0.15, 0.2) is 22.6 Å². The Balaban J connectivity index is 1.99. The Morgan fingerprint density at radius 2 is 1.80 bits per heavy atom. The second kappa shape index (κ2) is 6.56. The molecular weight excluding hydrogens is 264 g/mol. The highest BCUT2D eigenvalue weighted by molar-refractivity contribution is 5.22. The Labute approximate surface area is 116 Å². The van der Waals surface area contributed by atoms with Gasteiger partial charge in [0.25, 0.3) is 0 Å². The van der Waals surface area contributed by atoms with Gasteiger partial charge in [0.2, 0.25) is 11.8 Å². The summed E-state index contributed by atoms with van der Waals surface area (Å²) in [7, 11) is 0. The summed E-state index contributed by atoms with van der Waals surface area (Å²) in [5, 5.41) is 10.9. The van der Waals surface area contributed by atoms with Crippen molar-refractivity contribution in [3.05, 3.63) is 47.2 Å². The predicted molar refractivity (Wildman–Crippen MR) is 70.3 cm³/mol. The van der Waals surface area contributed by atoms with Crippen LogP contribution in [-0.4, -0.2) is 22.8 Å². The molecule has 0 atom stereocenters. The number of nitrogens with one attached hydrogen (secondary N) is 1. The van der Waals surface area contributed by atoms with E-state index in [0.29, 0.717) is 24.9 Å². The van der Waals surface area contributed by atoms with Gasteiger partial charge in [-0.2, -0.15) is 0 Å². The van der Waals surface area contributed by atoms with Gasteiger partial charge in [-0.3, -0.25) is 0 Å². The van der Waals surface area contributed by atoms with E-state index in [1.165, 1.54) is 18.2 Å². The maximum atomic E-state index is 13.5. The first kappa shape index (κ1) is 14.6. The van der Waals surface area contributed by atoms with Crippen LogP contribution >= 0.6 is 0 Å². The molecule has 2 rings (SSSR count). The smallest absolute Gasteiger partial charge is 0.221 e. The third-order valence-corrected chi connectivity index (χ3v) is 2.79. The van der Waals surface area contributed by atoms with Gasteiger partial charge in [-0.1, -0.05) is 19.9 Å². The first-order chi connectivity index (χ1) is 9.56. The van der Waals surface area contributed by atoms with Gasteiger partial charge in [-0.05, 0) is 12.1 Å². The van der Waals surface area contributed by atoms with Crippen molar-refractivity contribution in [2.75, 3.05) is 6.54 Å². The Kier molecular flexibility index (Phi) is 4.79. The molecule has 2 aromatic rings. The van der Waals surface area contributed by atoms with Gasteiger partial charge in [0, 0.05) is 24.6 Å². The highest BCUT2D eigenvalue weighted by Gasteiger charge is 2.13. The first-order valence-corrected chi connectivity index (χ1v) is 6.54. The number of aromatic nitrogens is 2. The van der Waals surface area contributed by atoms with Crippen molar-refractivity contribution >= 4 is 0 Å². The van der Waals surface area contributed by atoms with Crippen LogP contribution in [0.3, 0.4) is 0 Å². The molecule has 0 spiro atoms. The number of hydrogen-bond donors (Lipinski definition) is 1. The summed E-state index contributed by atoms with van der Waals surface area (Å²) in [6.07, 6.45) is 0.550. The Hall–Kier alpha value is -1.82. The lowest BCUT2D eigenvalue weighted by Gasteiger charge is -2.04. The van der Waals surface area contributed by atoms with Crippen molar-refractivity contribution in [3.63, 3.8) is 0 Å². The van der Waals surface area contributed by atoms with Crippen molar-refractivity contribution in [2.24, 2.45) is 0 Å². The van der Waals surface area contributed by atoms with Crippen LogP contribution in [-0.2, 0) is 12.8 Å². The van der Waals surface area contributed by atoms with Crippen molar-refractivity contribution in [2.45, 2.75) is 32.7 Å². The Morgan fingerprint density at radius 3 is 2.45 bits per heavy atom. The molecule has 108 valence electrons. The van der Waals surface area contributed by atoms with Crippen LogP contribution in [0, 0.1) is 11.6 Å². The molecule has 0 radical (unpaired) electrons. The number of hydrogen-bond acceptors (Lipinski definition) is 4. The molecule has 0 aliphatic carbocycles. The van der Waals surface area contributed by atoms with Gasteiger partial charge in [-0.25, -0.2) is 8.78 Å². The zero-order chi connectivity index (χ0) is 14.5. The van der Waals surface area contributed by atoms with Gasteiger partial charge in [0.05, 0.1) is 6.42 Å². The van der Waals surface area contributed by atoms with E-state index in [9.17, 15) is 8.78 Å². The zero-order valence-electron chi connectivity index (χ0n) is 11.5. The van der Waals surface area contributed by atoms with E-state index in [1.54, 1.807) is 0 Å². The fraction of sp³-hybridized carbons (Fsp3) is 0.429. The van der Waals surface area contributed by atoms with Crippen molar-refractivity contribution in [1.82, 2.24) is 15.5 Å². The highest BCUT2D eigenvalue weighted by Crippen LogP contribution is 2.16. The molecule has 6 heteroatoms. The van der Waals surface area contributed by atoms with Crippen LogP contribution in [0.25, 0.3) is 0 Å². The SMILES string of the molecule is CC(C)NCCc1nnc(Cc2c(F)cccc2F)o1. The van der Waals surface area contributed by atoms with Crippen molar-refractivity contribution in [1.29, 1.82) is 0 Å². The third-order valence-electron chi connectivity index (χ3n) is 2.79. The predicted octanol–water partition coefficient (Wildman–Crippen LogP) is 2.48. The van der Waals surface area contributed by atoms with Crippen molar-refractivity contribution in [3.8, 4) is 0 Å². The Bertz CT molecular complexity index is 549. The molecule has 0 fully saturated rings. The summed E-state index contributed by atoms with van der Waals surface area (Å²) in [6.45, 7) is 4.80. The number of nitrogens with zero attached hydrogens (tertiary/aromatic N) is 2. The summed E-state index contributed by atoms with van der Waals surface area (Å²) in [5.41, 5.74) is -0.0528. The number of halogens is 2. The topological polar surface area (TPSA) is 51.0 Å². The number of rotatable bonds is 6. The van der Waals surface area contributed by atoms with E-state index in [4.69, 9.17) is 4.42 Å². The molecule has 1 heterocycles. The first-order valence-electron chi connectivity index (χ1n) is 6.54. The monoisotopic (exact) mass is 281 g/mol. The number of benzene rings is 1. The maximum Gasteiger partial charge on any atom is 0.221 e. The van der Waals surface area contributed by atoms with E-state index in [0.717, 1.165) is 0 Å². The molecular formula is C14H17F2N3O. The molecule has 0 saturated carbocycles. The third kappa shape index (κ3) is 3.84. The minimum Gasteiger partial charge on any atom is -0.425 e. The Morgan fingerprint density at radius 1 is 1.15 bits per heavy atom. The molecule has 1 N–H and O–H groups in total. The van der Waals surface area contributed by atoms with E-state index >= 15 is 0 Å². The second-order valence-corrected chi connectivity index (χ2v) is 4.83. The van der Waals surface area contributed by atoms with E-state index < -0.39 is 11.6 Å². The van der Waals surface area contributed by atoms with Crippen molar-refractivity contribution < 1.29 is 13.2 Å². The minimum absolute atomic E-state index is 0.0386. The second-order valence-electron chi connectivity index (χ2n) is 4.83. The lowest BCUT2D eigenvalue weighted by Crippen LogP contribution is -2.25. The summed E-state index contributed by atoms with van der Waals surface area (Å²) >= 11 is 0. The van der Waals surface area contributed by atoms with Crippen LogP contribution in [0.4, 0.5) is 8.78 Å². The maximum absolute atomic E-state index is 13.5. The van der Waals surface area contributed by atoms with Gasteiger partial charge in [-0.15, -0.1) is 10.2 Å². The van der Waals surface area contributed by atoms with E-state index in [-0.39, 0.29) is 17.9 Å². The van der Waals surface area contributed by atoms with Crippen LogP contribution in [0.5, 0.6) is 0 Å². The van der Waals surface area contributed by atoms with E-state index in [1.807, 2.05) is 13.8 Å². The van der Waals surface area contributed by atoms with Crippen LogP contribution < -0.4 is 5.32 Å². The molecule has 20 heavy (non-hydrogen) atoms. The molecule has 1 aromatic carbocycles. The zero-order valence-corrected chi connectivity index (χ0v) is 11.5. The normalized spacial score (nSPS) is 11.2. The molecule has 0 aliphatic heterocycles. The van der Waals surface area contributed by atoms with E-state index in [2.05, 4.69) is 15.5 Å². The lowest BCUT2D eigenvalue weighted by atomic mass is 10.1. The minimum atomic E-state index is -0.605. The summed E-state index contributed by atoms with van der Waals surface area (Å²) < 4.78 is 32.4. The average Bonchev–Trinajstić information content (AvgIpc) is 2.81. The van der Waals surface area contributed by atoms with Gasteiger partial charge >= 0.3 is 0 Å². The summed E-state index contributed by atoms with van der Waals surface area (Å²) in [6, 6.07) is 4.13. The molecule has 0 saturated heterocycles. The molecule has 1 aromatic heterocycles. The molecule has 0 unspecified atom stereocenters. The summed E-state index contributed by atoms with van der Waals surface area (Å²) in [5.74, 6) is -0.532.